The molecule has 0 spiro atoms. The minimum Gasteiger partial charge on any atom is -0.356 e. The molecule has 118 valence electrons. The number of guanidine groups is 1. The number of benzene rings is 1. The summed E-state index contributed by atoms with van der Waals surface area (Å²) in [5, 5.41) is 7.07. The Bertz CT molecular complexity index is 623. The summed E-state index contributed by atoms with van der Waals surface area (Å²) < 4.78 is 6.17. The molecule has 2 aromatic rings. The number of nitrogens with one attached hydrogen (secondary N) is 1. The number of hydrogen-bond donors (Lipinski definition) is 1. The summed E-state index contributed by atoms with van der Waals surface area (Å²) >= 11 is 3.44. The Morgan fingerprint density at radius 1 is 1.36 bits per heavy atom. The summed E-state index contributed by atoms with van der Waals surface area (Å²) in [5.41, 5.74) is 1.22. The van der Waals surface area contributed by atoms with Gasteiger partial charge in [0, 0.05) is 38.1 Å². The van der Waals surface area contributed by atoms with Gasteiger partial charge in [-0.3, -0.25) is 4.99 Å². The minimum atomic E-state index is 0.635. The van der Waals surface area contributed by atoms with Crippen LogP contribution in [-0.2, 0) is 13.0 Å². The predicted molar refractivity (Wildman–Crippen MR) is 89.7 cm³/mol. The molecule has 1 aromatic heterocycles. The molecule has 0 atom stereocenters. The van der Waals surface area contributed by atoms with E-state index in [9.17, 15) is 0 Å². The minimum absolute atomic E-state index is 0.635. The fourth-order valence-electron chi connectivity index (χ4n) is 2.05. The summed E-state index contributed by atoms with van der Waals surface area (Å²) in [6, 6.07) is 8.26. The third kappa shape index (κ3) is 4.84. The van der Waals surface area contributed by atoms with Crippen LogP contribution in [-0.4, -0.2) is 41.6 Å². The molecule has 7 heteroatoms. The number of halogens is 1. The van der Waals surface area contributed by atoms with Gasteiger partial charge in [-0.1, -0.05) is 33.2 Å². The second-order valence-corrected chi connectivity index (χ2v) is 5.86. The fourth-order valence-corrected chi connectivity index (χ4v) is 2.31. The maximum absolute atomic E-state index is 5.09. The maximum atomic E-state index is 5.09. The number of aliphatic imine (C=N–C) groups is 1. The van der Waals surface area contributed by atoms with E-state index in [1.807, 2.05) is 26.1 Å². The zero-order valence-electron chi connectivity index (χ0n) is 13.0. The van der Waals surface area contributed by atoms with Crippen molar-refractivity contribution in [1.82, 2.24) is 20.4 Å². The third-order valence-electron chi connectivity index (χ3n) is 3.10. The molecule has 1 aromatic carbocycles. The van der Waals surface area contributed by atoms with Gasteiger partial charge in [-0.05, 0) is 24.6 Å². The fraction of sp³-hybridized carbons (Fsp3) is 0.400. The van der Waals surface area contributed by atoms with Gasteiger partial charge >= 0.3 is 0 Å². The Kier molecular flexibility index (Phi) is 5.94. The van der Waals surface area contributed by atoms with E-state index in [4.69, 9.17) is 4.52 Å². The highest BCUT2D eigenvalue weighted by molar-refractivity contribution is 9.10. The molecule has 0 amide bonds. The van der Waals surface area contributed by atoms with Crippen molar-refractivity contribution in [2.45, 2.75) is 19.9 Å². The number of aromatic nitrogens is 2. The van der Waals surface area contributed by atoms with Gasteiger partial charge in [0.1, 0.15) is 0 Å². The van der Waals surface area contributed by atoms with Crippen molar-refractivity contribution in [2.24, 2.45) is 4.99 Å². The average molecular weight is 366 g/mol. The summed E-state index contributed by atoms with van der Waals surface area (Å²) in [5.74, 6) is 2.13. The van der Waals surface area contributed by atoms with Crippen molar-refractivity contribution in [3.05, 3.63) is 46.0 Å². The molecule has 2 rings (SSSR count). The molecule has 0 radical (unpaired) electrons. The van der Waals surface area contributed by atoms with Gasteiger partial charge in [-0.15, -0.1) is 0 Å². The van der Waals surface area contributed by atoms with E-state index in [-0.39, 0.29) is 0 Å². The second kappa shape index (κ2) is 7.93. The highest BCUT2D eigenvalue weighted by atomic mass is 79.9. The predicted octanol–water partition coefficient (Wildman–Crippen LogP) is 2.39. The van der Waals surface area contributed by atoms with Gasteiger partial charge in [-0.25, -0.2) is 0 Å². The van der Waals surface area contributed by atoms with Crippen molar-refractivity contribution >= 4 is 21.9 Å². The van der Waals surface area contributed by atoms with E-state index in [0.29, 0.717) is 24.7 Å². The van der Waals surface area contributed by atoms with E-state index in [1.54, 1.807) is 7.05 Å². The molecular weight excluding hydrogens is 346 g/mol. The molecule has 6 nitrogen and oxygen atoms in total. The third-order valence-corrected chi connectivity index (χ3v) is 3.63. The Morgan fingerprint density at radius 3 is 2.68 bits per heavy atom. The summed E-state index contributed by atoms with van der Waals surface area (Å²) in [6.07, 6.45) is 0.673. The van der Waals surface area contributed by atoms with E-state index in [0.717, 1.165) is 17.0 Å². The molecular formula is C15H20BrN5O. The van der Waals surface area contributed by atoms with Crippen LogP contribution < -0.4 is 5.32 Å². The lowest BCUT2D eigenvalue weighted by Crippen LogP contribution is -2.39. The van der Waals surface area contributed by atoms with Crippen molar-refractivity contribution in [3.8, 4) is 0 Å². The molecule has 0 aliphatic rings. The van der Waals surface area contributed by atoms with Crippen LogP contribution in [0.5, 0.6) is 0 Å². The first kappa shape index (κ1) is 16.5. The van der Waals surface area contributed by atoms with Crippen LogP contribution in [0, 0.1) is 6.92 Å². The summed E-state index contributed by atoms with van der Waals surface area (Å²) in [7, 11) is 3.78. The van der Waals surface area contributed by atoms with Crippen molar-refractivity contribution < 1.29 is 4.52 Å². The largest absolute Gasteiger partial charge is 0.356 e. The molecule has 0 fully saturated rings. The Hall–Kier alpha value is -1.89. The molecule has 0 aliphatic heterocycles. The van der Waals surface area contributed by atoms with Gasteiger partial charge in [-0.2, -0.15) is 4.98 Å². The van der Waals surface area contributed by atoms with E-state index >= 15 is 0 Å². The van der Waals surface area contributed by atoms with Crippen LogP contribution in [0.1, 0.15) is 17.3 Å². The molecule has 1 N–H and O–H groups in total. The molecule has 0 saturated carbocycles. The average Bonchev–Trinajstić information content (AvgIpc) is 2.91. The lowest BCUT2D eigenvalue weighted by molar-refractivity contribution is 0.373. The molecule has 22 heavy (non-hydrogen) atoms. The quantitative estimate of drug-likeness (QED) is 0.650. The van der Waals surface area contributed by atoms with Crippen LogP contribution >= 0.6 is 15.9 Å². The summed E-state index contributed by atoms with van der Waals surface area (Å²) in [6.45, 7) is 3.29. The van der Waals surface area contributed by atoms with Gasteiger partial charge in [0.05, 0.1) is 0 Å². The van der Waals surface area contributed by atoms with Crippen LogP contribution in [0.4, 0.5) is 0 Å². The number of hydrogen-bond acceptors (Lipinski definition) is 4. The highest BCUT2D eigenvalue weighted by Crippen LogP contribution is 2.11. The Balaban J connectivity index is 1.83. The first-order valence-corrected chi connectivity index (χ1v) is 7.83. The number of aryl methyl sites for hydroxylation is 1. The molecule has 0 bridgehead atoms. The highest BCUT2D eigenvalue weighted by Gasteiger charge is 2.08. The summed E-state index contributed by atoms with van der Waals surface area (Å²) in [4.78, 5) is 10.5. The first-order valence-electron chi connectivity index (χ1n) is 7.04. The molecule has 0 saturated heterocycles. The zero-order chi connectivity index (χ0) is 15.9. The smallest absolute Gasteiger partial charge is 0.228 e. The van der Waals surface area contributed by atoms with E-state index in [2.05, 4.69) is 53.4 Å². The van der Waals surface area contributed by atoms with Crippen molar-refractivity contribution in [2.75, 3.05) is 20.6 Å². The Morgan fingerprint density at radius 2 is 2.09 bits per heavy atom. The lowest BCUT2D eigenvalue weighted by Gasteiger charge is -2.22. The SMILES string of the molecule is CN=C(NCCc1nc(C)no1)N(C)Cc1ccc(Br)cc1. The van der Waals surface area contributed by atoms with E-state index in [1.165, 1.54) is 5.56 Å². The maximum Gasteiger partial charge on any atom is 0.228 e. The molecule has 1 heterocycles. The molecule has 0 aliphatic carbocycles. The van der Waals surface area contributed by atoms with Crippen LogP contribution in [0.25, 0.3) is 0 Å². The van der Waals surface area contributed by atoms with Crippen LogP contribution in [0.15, 0.2) is 38.3 Å². The monoisotopic (exact) mass is 365 g/mol. The van der Waals surface area contributed by atoms with E-state index < -0.39 is 0 Å². The lowest BCUT2D eigenvalue weighted by atomic mass is 10.2. The topological polar surface area (TPSA) is 66.5 Å². The molecule has 0 unspecified atom stereocenters. The van der Waals surface area contributed by atoms with Crippen molar-refractivity contribution in [3.63, 3.8) is 0 Å². The van der Waals surface area contributed by atoms with Crippen LogP contribution in [0.3, 0.4) is 0 Å². The number of rotatable bonds is 5. The second-order valence-electron chi connectivity index (χ2n) is 4.94. The first-order chi connectivity index (χ1) is 10.6. The normalized spacial score (nSPS) is 11.5. The van der Waals surface area contributed by atoms with Gasteiger partial charge in [0.15, 0.2) is 11.8 Å². The van der Waals surface area contributed by atoms with Gasteiger partial charge in [0.2, 0.25) is 5.89 Å². The van der Waals surface area contributed by atoms with Crippen LogP contribution in [0.2, 0.25) is 0 Å². The zero-order valence-corrected chi connectivity index (χ0v) is 14.6. The van der Waals surface area contributed by atoms with Gasteiger partial charge in [0.25, 0.3) is 0 Å². The number of nitrogens with zero attached hydrogens (tertiary/aromatic N) is 4. The van der Waals surface area contributed by atoms with Crippen molar-refractivity contribution in [1.29, 1.82) is 0 Å². The standard InChI is InChI=1S/C15H20BrN5O/c1-11-19-14(22-20-11)8-9-18-15(17-2)21(3)10-12-4-6-13(16)7-5-12/h4-7H,8-10H2,1-3H3,(H,17,18). The van der Waals surface area contributed by atoms with Gasteiger partial charge < -0.3 is 14.7 Å². The Labute approximate surface area is 138 Å².